The van der Waals surface area contributed by atoms with Crippen molar-refractivity contribution < 1.29 is 19.0 Å². The SMILES string of the molecule is CCOC(=O)CSC(CC)c1cc2c(cc1CC)OCO2. The van der Waals surface area contributed by atoms with Gasteiger partial charge in [-0.25, -0.2) is 0 Å². The summed E-state index contributed by atoms with van der Waals surface area (Å²) in [5, 5.41) is 0.263. The van der Waals surface area contributed by atoms with E-state index in [-0.39, 0.29) is 18.0 Å². The van der Waals surface area contributed by atoms with E-state index >= 15 is 0 Å². The maximum atomic E-state index is 11.5. The molecule has 1 aliphatic rings. The van der Waals surface area contributed by atoms with Gasteiger partial charge in [-0.3, -0.25) is 4.79 Å². The first-order chi connectivity index (χ1) is 10.2. The Morgan fingerprint density at radius 3 is 2.62 bits per heavy atom. The summed E-state index contributed by atoms with van der Waals surface area (Å²) < 4.78 is 15.9. The number of esters is 1. The standard InChI is InChI=1S/C16H22O4S/c1-4-11-7-13-14(20-10-19-13)8-12(11)15(5-2)21-9-16(17)18-6-3/h7-8,15H,4-6,9-10H2,1-3H3. The number of hydrogen-bond donors (Lipinski definition) is 0. The maximum absolute atomic E-state index is 11.5. The van der Waals surface area contributed by atoms with Crippen LogP contribution in [0.1, 0.15) is 43.6 Å². The Balaban J connectivity index is 2.15. The molecule has 0 bridgehead atoms. The van der Waals surface area contributed by atoms with Gasteiger partial charge in [0.2, 0.25) is 6.79 Å². The van der Waals surface area contributed by atoms with Gasteiger partial charge in [0.1, 0.15) is 0 Å². The zero-order valence-electron chi connectivity index (χ0n) is 12.8. The molecule has 1 aromatic carbocycles. The molecule has 1 unspecified atom stereocenters. The molecular weight excluding hydrogens is 288 g/mol. The fraction of sp³-hybridized carbons (Fsp3) is 0.562. The Labute approximate surface area is 130 Å². The topological polar surface area (TPSA) is 44.8 Å². The average molecular weight is 310 g/mol. The molecule has 116 valence electrons. The van der Waals surface area contributed by atoms with Crippen molar-refractivity contribution in [1.82, 2.24) is 0 Å². The van der Waals surface area contributed by atoms with Crippen molar-refractivity contribution in [1.29, 1.82) is 0 Å². The predicted octanol–water partition coefficient (Wildman–Crippen LogP) is 3.73. The van der Waals surface area contributed by atoms with Crippen LogP contribution in [0.3, 0.4) is 0 Å². The molecule has 0 spiro atoms. The number of carbonyl (C=O) groups is 1. The van der Waals surface area contributed by atoms with E-state index in [1.54, 1.807) is 11.8 Å². The molecule has 21 heavy (non-hydrogen) atoms. The first-order valence-corrected chi connectivity index (χ1v) is 8.44. The van der Waals surface area contributed by atoms with E-state index in [2.05, 4.69) is 26.0 Å². The molecular formula is C16H22O4S. The second kappa shape index (κ2) is 7.59. The zero-order chi connectivity index (χ0) is 15.2. The summed E-state index contributed by atoms with van der Waals surface area (Å²) in [5.74, 6) is 1.85. The van der Waals surface area contributed by atoms with Crippen molar-refractivity contribution in [2.24, 2.45) is 0 Å². The van der Waals surface area contributed by atoms with Gasteiger partial charge in [0, 0.05) is 5.25 Å². The number of benzene rings is 1. The Kier molecular flexibility index (Phi) is 5.79. The summed E-state index contributed by atoms with van der Waals surface area (Å²) in [6.07, 6.45) is 1.89. The van der Waals surface area contributed by atoms with Crippen molar-refractivity contribution >= 4 is 17.7 Å². The lowest BCUT2D eigenvalue weighted by molar-refractivity contribution is -0.139. The number of aryl methyl sites for hydroxylation is 1. The van der Waals surface area contributed by atoms with Crippen molar-refractivity contribution in [2.75, 3.05) is 19.2 Å². The Hall–Kier alpha value is -1.36. The summed E-state index contributed by atoms with van der Waals surface area (Å²) in [6.45, 7) is 6.80. The van der Waals surface area contributed by atoms with Gasteiger partial charge in [0.15, 0.2) is 11.5 Å². The first kappa shape index (κ1) is 16.0. The molecule has 0 saturated carbocycles. The summed E-state index contributed by atoms with van der Waals surface area (Å²) >= 11 is 1.63. The fourth-order valence-corrected chi connectivity index (χ4v) is 3.46. The van der Waals surface area contributed by atoms with Gasteiger partial charge in [-0.15, -0.1) is 11.8 Å². The smallest absolute Gasteiger partial charge is 0.315 e. The van der Waals surface area contributed by atoms with Crippen LogP contribution < -0.4 is 9.47 Å². The lowest BCUT2D eigenvalue weighted by Crippen LogP contribution is -2.09. The fourth-order valence-electron chi connectivity index (χ4n) is 2.40. The van der Waals surface area contributed by atoms with E-state index in [4.69, 9.17) is 14.2 Å². The Bertz CT molecular complexity index is 501. The van der Waals surface area contributed by atoms with E-state index in [9.17, 15) is 4.79 Å². The van der Waals surface area contributed by atoms with Crippen LogP contribution in [-0.4, -0.2) is 25.1 Å². The minimum atomic E-state index is -0.153. The molecule has 1 atom stereocenters. The molecule has 1 aliphatic heterocycles. The summed E-state index contributed by atoms with van der Waals surface area (Å²) in [7, 11) is 0. The number of hydrogen-bond acceptors (Lipinski definition) is 5. The van der Waals surface area contributed by atoms with Crippen LogP contribution in [0.5, 0.6) is 11.5 Å². The number of thioether (sulfide) groups is 1. The highest BCUT2D eigenvalue weighted by Crippen LogP contribution is 2.41. The highest BCUT2D eigenvalue weighted by molar-refractivity contribution is 8.00. The van der Waals surface area contributed by atoms with Crippen molar-refractivity contribution in [2.45, 2.75) is 38.9 Å². The minimum Gasteiger partial charge on any atom is -0.465 e. The van der Waals surface area contributed by atoms with Gasteiger partial charge in [-0.1, -0.05) is 13.8 Å². The molecule has 0 fully saturated rings. The normalized spacial score (nSPS) is 14.0. The average Bonchev–Trinajstić information content (AvgIpc) is 2.94. The largest absolute Gasteiger partial charge is 0.465 e. The summed E-state index contributed by atoms with van der Waals surface area (Å²) in [6, 6.07) is 4.12. The Morgan fingerprint density at radius 1 is 1.29 bits per heavy atom. The van der Waals surface area contributed by atoms with E-state index in [1.807, 2.05) is 6.92 Å². The van der Waals surface area contributed by atoms with E-state index in [0.29, 0.717) is 12.4 Å². The summed E-state index contributed by atoms with van der Waals surface area (Å²) in [4.78, 5) is 11.5. The second-order valence-corrected chi connectivity index (χ2v) is 5.96. The molecule has 0 aliphatic carbocycles. The van der Waals surface area contributed by atoms with E-state index < -0.39 is 0 Å². The zero-order valence-corrected chi connectivity index (χ0v) is 13.6. The van der Waals surface area contributed by atoms with Crippen LogP contribution in [0.15, 0.2) is 12.1 Å². The van der Waals surface area contributed by atoms with Gasteiger partial charge in [-0.05, 0) is 43.0 Å². The minimum absolute atomic E-state index is 0.153. The number of ether oxygens (including phenoxy) is 3. The molecule has 1 heterocycles. The molecule has 0 amide bonds. The van der Waals surface area contributed by atoms with Gasteiger partial charge in [-0.2, -0.15) is 0 Å². The lowest BCUT2D eigenvalue weighted by atomic mass is 10.00. The van der Waals surface area contributed by atoms with Crippen molar-refractivity contribution in [3.63, 3.8) is 0 Å². The molecule has 0 N–H and O–H groups in total. The third-order valence-corrected chi connectivity index (χ3v) is 4.83. The van der Waals surface area contributed by atoms with Crippen molar-refractivity contribution in [3.05, 3.63) is 23.3 Å². The highest BCUT2D eigenvalue weighted by Gasteiger charge is 2.21. The molecule has 5 heteroatoms. The quantitative estimate of drug-likeness (QED) is 0.718. The molecule has 0 aromatic heterocycles. The maximum Gasteiger partial charge on any atom is 0.315 e. The number of fused-ring (bicyclic) bond motifs is 1. The van der Waals surface area contributed by atoms with Crippen LogP contribution in [0, 0.1) is 0 Å². The van der Waals surface area contributed by atoms with Gasteiger partial charge in [0.25, 0.3) is 0 Å². The third kappa shape index (κ3) is 3.84. The molecule has 0 saturated heterocycles. The summed E-state index contributed by atoms with van der Waals surface area (Å²) in [5.41, 5.74) is 2.49. The van der Waals surface area contributed by atoms with E-state index in [0.717, 1.165) is 24.3 Å². The van der Waals surface area contributed by atoms with Crippen LogP contribution in [0.2, 0.25) is 0 Å². The van der Waals surface area contributed by atoms with Gasteiger partial charge < -0.3 is 14.2 Å². The molecule has 4 nitrogen and oxygen atoms in total. The Morgan fingerprint density at radius 2 is 2.00 bits per heavy atom. The van der Waals surface area contributed by atoms with Gasteiger partial charge in [0.05, 0.1) is 12.4 Å². The highest BCUT2D eigenvalue weighted by atomic mass is 32.2. The first-order valence-electron chi connectivity index (χ1n) is 7.39. The van der Waals surface area contributed by atoms with Crippen LogP contribution in [0.25, 0.3) is 0 Å². The predicted molar refractivity (Wildman–Crippen MR) is 84.1 cm³/mol. The van der Waals surface area contributed by atoms with Crippen LogP contribution in [0.4, 0.5) is 0 Å². The lowest BCUT2D eigenvalue weighted by Gasteiger charge is -2.18. The van der Waals surface area contributed by atoms with Crippen LogP contribution in [-0.2, 0) is 16.0 Å². The van der Waals surface area contributed by atoms with Crippen LogP contribution >= 0.6 is 11.8 Å². The number of carbonyl (C=O) groups excluding carboxylic acids is 1. The molecule has 2 rings (SSSR count). The third-order valence-electron chi connectivity index (χ3n) is 3.44. The van der Waals surface area contributed by atoms with E-state index in [1.165, 1.54) is 11.1 Å². The second-order valence-electron chi connectivity index (χ2n) is 4.77. The monoisotopic (exact) mass is 310 g/mol. The molecule has 0 radical (unpaired) electrons. The number of rotatable bonds is 7. The van der Waals surface area contributed by atoms with Gasteiger partial charge >= 0.3 is 5.97 Å². The molecule has 1 aromatic rings. The van der Waals surface area contributed by atoms with Crippen molar-refractivity contribution in [3.8, 4) is 11.5 Å².